The molecule has 4 nitrogen and oxygen atoms in total. The maximum atomic E-state index is 5.94. The van der Waals surface area contributed by atoms with E-state index in [-0.39, 0.29) is 11.3 Å². The van der Waals surface area contributed by atoms with Crippen molar-refractivity contribution < 1.29 is 14.5 Å². The molecule has 0 amide bonds. The molecule has 0 aromatic heterocycles. The minimum absolute atomic E-state index is 0.213. The van der Waals surface area contributed by atoms with E-state index in [0.29, 0.717) is 0 Å². The Bertz CT molecular complexity index is 250. The van der Waals surface area contributed by atoms with Crippen LogP contribution in [0, 0.1) is 0 Å². The van der Waals surface area contributed by atoms with Crippen LogP contribution in [-0.2, 0) is 14.5 Å². The molecule has 1 heterocycles. The van der Waals surface area contributed by atoms with E-state index in [1.165, 1.54) is 19.3 Å². The molecule has 1 saturated heterocycles. The molecule has 0 spiro atoms. The molecule has 2 fully saturated rings. The van der Waals surface area contributed by atoms with Gasteiger partial charge in [-0.05, 0) is 46.5 Å². The first-order valence-electron chi connectivity index (χ1n) is 7.22. The first-order chi connectivity index (χ1) is 8.52. The zero-order valence-corrected chi connectivity index (χ0v) is 12.0. The van der Waals surface area contributed by atoms with Gasteiger partial charge in [-0.2, -0.15) is 0 Å². The van der Waals surface area contributed by atoms with E-state index in [9.17, 15) is 0 Å². The van der Waals surface area contributed by atoms with Gasteiger partial charge in [0.1, 0.15) is 0 Å². The predicted molar refractivity (Wildman–Crippen MR) is 70.1 cm³/mol. The summed E-state index contributed by atoms with van der Waals surface area (Å²) in [7, 11) is 0. The molecule has 0 unspecified atom stereocenters. The van der Waals surface area contributed by atoms with Crippen LogP contribution in [-0.4, -0.2) is 42.5 Å². The van der Waals surface area contributed by atoms with Crippen LogP contribution in [0.4, 0.5) is 0 Å². The van der Waals surface area contributed by atoms with E-state index in [2.05, 4.69) is 4.90 Å². The monoisotopic (exact) mass is 257 g/mol. The van der Waals surface area contributed by atoms with Gasteiger partial charge in [-0.3, -0.25) is 4.90 Å². The Hall–Kier alpha value is -0.160. The van der Waals surface area contributed by atoms with Crippen LogP contribution in [0.25, 0.3) is 0 Å². The van der Waals surface area contributed by atoms with Gasteiger partial charge in [-0.1, -0.05) is 6.42 Å². The van der Waals surface area contributed by atoms with Crippen LogP contribution in [0.15, 0.2) is 0 Å². The molecular formula is C14H27NO3. The third-order valence-electron chi connectivity index (χ3n) is 3.67. The summed E-state index contributed by atoms with van der Waals surface area (Å²) in [5.41, 5.74) is -0.466. The molecule has 0 N–H and O–H groups in total. The quantitative estimate of drug-likeness (QED) is 0.574. The maximum Gasteiger partial charge on any atom is 0.156 e. The van der Waals surface area contributed by atoms with Gasteiger partial charge in [-0.25, -0.2) is 9.78 Å². The van der Waals surface area contributed by atoms with Crippen LogP contribution in [0.5, 0.6) is 0 Å². The molecule has 0 bridgehead atoms. The summed E-state index contributed by atoms with van der Waals surface area (Å²) in [4.78, 5) is 14.0. The highest BCUT2D eigenvalue weighted by atomic mass is 17.2. The first kappa shape index (κ1) is 14.3. The van der Waals surface area contributed by atoms with Crippen molar-refractivity contribution in [3.63, 3.8) is 0 Å². The third-order valence-corrected chi connectivity index (χ3v) is 3.67. The number of rotatable bonds is 3. The Morgan fingerprint density at radius 2 is 1.61 bits per heavy atom. The zero-order chi connectivity index (χ0) is 13.1. The largest absolute Gasteiger partial charge is 0.379 e. The van der Waals surface area contributed by atoms with Crippen molar-refractivity contribution in [1.82, 2.24) is 4.90 Å². The molecule has 4 heteroatoms. The first-order valence-corrected chi connectivity index (χ1v) is 7.22. The van der Waals surface area contributed by atoms with Crippen LogP contribution in [0.3, 0.4) is 0 Å². The standard InChI is InChI=1S/C14H27NO3/c1-13(2,3)17-18-14(7-5-4-6-8-14)15-9-11-16-12-10-15/h4-12H2,1-3H3. The highest BCUT2D eigenvalue weighted by Gasteiger charge is 2.42. The molecule has 0 aromatic rings. The molecule has 106 valence electrons. The SMILES string of the molecule is CC(C)(C)OOC1(N2CCOCC2)CCCCC1. The zero-order valence-electron chi connectivity index (χ0n) is 12.0. The summed E-state index contributed by atoms with van der Waals surface area (Å²) >= 11 is 0. The Balaban J connectivity index is 2.01. The summed E-state index contributed by atoms with van der Waals surface area (Å²) in [6.07, 6.45) is 5.91. The lowest BCUT2D eigenvalue weighted by Gasteiger charge is -2.46. The van der Waals surface area contributed by atoms with Gasteiger partial charge in [0.15, 0.2) is 5.72 Å². The lowest BCUT2D eigenvalue weighted by Crippen LogP contribution is -2.56. The second-order valence-electron chi connectivity index (χ2n) is 6.39. The fourth-order valence-electron chi connectivity index (χ4n) is 2.73. The molecule has 0 radical (unpaired) electrons. The molecule has 2 aliphatic rings. The summed E-state index contributed by atoms with van der Waals surface area (Å²) in [5, 5.41) is 0. The Labute approximate surface area is 111 Å². The highest BCUT2D eigenvalue weighted by Crippen LogP contribution is 2.36. The molecule has 18 heavy (non-hydrogen) atoms. The van der Waals surface area contributed by atoms with Gasteiger partial charge in [0, 0.05) is 13.1 Å². The van der Waals surface area contributed by atoms with Crippen LogP contribution in [0.2, 0.25) is 0 Å². The topological polar surface area (TPSA) is 30.9 Å². The van der Waals surface area contributed by atoms with Crippen molar-refractivity contribution in [2.24, 2.45) is 0 Å². The Morgan fingerprint density at radius 3 is 2.17 bits per heavy atom. The van der Waals surface area contributed by atoms with Gasteiger partial charge in [0.05, 0.1) is 18.8 Å². The Morgan fingerprint density at radius 1 is 1.00 bits per heavy atom. The lowest BCUT2D eigenvalue weighted by molar-refractivity contribution is -0.439. The van der Waals surface area contributed by atoms with E-state index in [1.54, 1.807) is 0 Å². The van der Waals surface area contributed by atoms with Gasteiger partial charge in [0.2, 0.25) is 0 Å². The summed E-state index contributed by atoms with van der Waals surface area (Å²) < 4.78 is 5.44. The summed E-state index contributed by atoms with van der Waals surface area (Å²) in [6.45, 7) is 9.61. The van der Waals surface area contributed by atoms with E-state index >= 15 is 0 Å². The van der Waals surface area contributed by atoms with E-state index in [0.717, 1.165) is 39.1 Å². The fourth-order valence-corrected chi connectivity index (χ4v) is 2.73. The normalized spacial score (nSPS) is 26.2. The fraction of sp³-hybridized carbons (Fsp3) is 1.00. The van der Waals surface area contributed by atoms with Crippen molar-refractivity contribution in [2.75, 3.05) is 26.3 Å². The molecule has 1 aliphatic carbocycles. The molecule has 1 aliphatic heterocycles. The summed E-state index contributed by atoms with van der Waals surface area (Å²) in [6, 6.07) is 0. The van der Waals surface area contributed by atoms with Gasteiger partial charge >= 0.3 is 0 Å². The van der Waals surface area contributed by atoms with Gasteiger partial charge in [0.25, 0.3) is 0 Å². The van der Waals surface area contributed by atoms with Crippen molar-refractivity contribution in [1.29, 1.82) is 0 Å². The number of morpholine rings is 1. The van der Waals surface area contributed by atoms with Crippen LogP contribution >= 0.6 is 0 Å². The minimum atomic E-state index is -0.253. The number of nitrogens with zero attached hydrogens (tertiary/aromatic N) is 1. The molecule has 0 aromatic carbocycles. The molecule has 2 rings (SSSR count). The average Bonchev–Trinajstić information content (AvgIpc) is 2.38. The van der Waals surface area contributed by atoms with Gasteiger partial charge in [-0.15, -0.1) is 0 Å². The Kier molecular flexibility index (Phi) is 4.64. The molecular weight excluding hydrogens is 230 g/mol. The van der Waals surface area contributed by atoms with Crippen molar-refractivity contribution >= 4 is 0 Å². The van der Waals surface area contributed by atoms with E-state index in [4.69, 9.17) is 14.5 Å². The predicted octanol–water partition coefficient (Wildman–Crippen LogP) is 2.73. The smallest absolute Gasteiger partial charge is 0.156 e. The average molecular weight is 257 g/mol. The second kappa shape index (κ2) is 5.87. The molecule has 0 atom stereocenters. The summed E-state index contributed by atoms with van der Waals surface area (Å²) in [5.74, 6) is 0. The van der Waals surface area contributed by atoms with Crippen molar-refractivity contribution in [2.45, 2.75) is 64.2 Å². The van der Waals surface area contributed by atoms with Crippen LogP contribution < -0.4 is 0 Å². The minimum Gasteiger partial charge on any atom is -0.379 e. The third kappa shape index (κ3) is 3.67. The van der Waals surface area contributed by atoms with Crippen molar-refractivity contribution in [3.8, 4) is 0 Å². The van der Waals surface area contributed by atoms with E-state index in [1.807, 2.05) is 20.8 Å². The van der Waals surface area contributed by atoms with Crippen molar-refractivity contribution in [3.05, 3.63) is 0 Å². The lowest BCUT2D eigenvalue weighted by atomic mass is 9.90. The van der Waals surface area contributed by atoms with E-state index < -0.39 is 0 Å². The molecule has 1 saturated carbocycles. The maximum absolute atomic E-state index is 5.94. The van der Waals surface area contributed by atoms with Crippen LogP contribution in [0.1, 0.15) is 52.9 Å². The number of ether oxygens (including phenoxy) is 1. The highest BCUT2D eigenvalue weighted by molar-refractivity contribution is 4.85. The number of hydrogen-bond acceptors (Lipinski definition) is 4. The number of hydrogen-bond donors (Lipinski definition) is 0. The second-order valence-corrected chi connectivity index (χ2v) is 6.39. The van der Waals surface area contributed by atoms with Gasteiger partial charge < -0.3 is 4.74 Å².